The van der Waals surface area contributed by atoms with Gasteiger partial charge in [-0.25, -0.2) is 0 Å². The lowest BCUT2D eigenvalue weighted by molar-refractivity contribution is 0.145. The summed E-state index contributed by atoms with van der Waals surface area (Å²) in [6.45, 7) is 2.37. The molecule has 0 unspecified atom stereocenters. The van der Waals surface area contributed by atoms with Gasteiger partial charge in [0.1, 0.15) is 0 Å². The number of nitrogens with zero attached hydrogens (tertiary/aromatic N) is 1. The summed E-state index contributed by atoms with van der Waals surface area (Å²) in [5.74, 6) is 0. The van der Waals surface area contributed by atoms with Crippen LogP contribution in [-0.2, 0) is 6.54 Å². The standard InChI is InChI=1S/C12H17BrN2O/c13-10-2-1-9(8-14)12(7-10)15-5-3-11(16)4-6-15/h1-2,7,11,16H,3-6,8,14H2. The molecule has 1 saturated heterocycles. The van der Waals surface area contributed by atoms with Crippen LogP contribution in [-0.4, -0.2) is 24.3 Å². The minimum absolute atomic E-state index is 0.135. The summed E-state index contributed by atoms with van der Waals surface area (Å²) in [7, 11) is 0. The molecule has 16 heavy (non-hydrogen) atoms. The van der Waals surface area contributed by atoms with Gasteiger partial charge in [-0.05, 0) is 30.5 Å². The van der Waals surface area contributed by atoms with Crippen molar-refractivity contribution in [2.24, 2.45) is 5.73 Å². The maximum Gasteiger partial charge on any atom is 0.0574 e. The molecule has 2 rings (SSSR count). The normalized spacial score (nSPS) is 17.8. The molecule has 3 N–H and O–H groups in total. The van der Waals surface area contributed by atoms with Crippen molar-refractivity contribution in [2.45, 2.75) is 25.5 Å². The maximum absolute atomic E-state index is 9.49. The molecule has 0 radical (unpaired) electrons. The first-order chi connectivity index (χ1) is 7.70. The van der Waals surface area contributed by atoms with Gasteiger partial charge < -0.3 is 15.7 Å². The predicted octanol–water partition coefficient (Wildman–Crippen LogP) is 1.87. The summed E-state index contributed by atoms with van der Waals surface area (Å²) in [4.78, 5) is 2.31. The highest BCUT2D eigenvalue weighted by Crippen LogP contribution is 2.27. The lowest BCUT2D eigenvalue weighted by Crippen LogP contribution is -2.36. The zero-order valence-electron chi connectivity index (χ0n) is 9.19. The Bertz CT molecular complexity index is 362. The summed E-state index contributed by atoms with van der Waals surface area (Å²) < 4.78 is 1.07. The molecule has 1 aliphatic rings. The monoisotopic (exact) mass is 284 g/mol. The molecule has 0 bridgehead atoms. The number of piperidine rings is 1. The molecule has 0 spiro atoms. The van der Waals surface area contributed by atoms with E-state index in [1.54, 1.807) is 0 Å². The van der Waals surface area contributed by atoms with Crippen molar-refractivity contribution in [2.75, 3.05) is 18.0 Å². The highest BCUT2D eigenvalue weighted by molar-refractivity contribution is 9.10. The fourth-order valence-corrected chi connectivity index (χ4v) is 2.46. The average Bonchev–Trinajstić information content (AvgIpc) is 2.30. The van der Waals surface area contributed by atoms with Gasteiger partial charge in [0.2, 0.25) is 0 Å². The van der Waals surface area contributed by atoms with E-state index in [0.29, 0.717) is 6.54 Å². The van der Waals surface area contributed by atoms with Gasteiger partial charge in [-0.1, -0.05) is 22.0 Å². The first kappa shape index (κ1) is 11.9. The second-order valence-electron chi connectivity index (χ2n) is 4.20. The molecule has 88 valence electrons. The average molecular weight is 285 g/mol. The van der Waals surface area contributed by atoms with E-state index in [1.807, 2.05) is 6.07 Å². The van der Waals surface area contributed by atoms with Crippen molar-refractivity contribution in [3.05, 3.63) is 28.2 Å². The molecule has 1 fully saturated rings. The zero-order valence-corrected chi connectivity index (χ0v) is 10.8. The molecule has 1 aliphatic heterocycles. The van der Waals surface area contributed by atoms with Crippen LogP contribution in [0.5, 0.6) is 0 Å². The molecular formula is C12H17BrN2O. The van der Waals surface area contributed by atoms with Gasteiger partial charge in [0.25, 0.3) is 0 Å². The topological polar surface area (TPSA) is 49.5 Å². The molecule has 0 aliphatic carbocycles. The van der Waals surface area contributed by atoms with Gasteiger partial charge in [0, 0.05) is 29.8 Å². The van der Waals surface area contributed by atoms with E-state index >= 15 is 0 Å². The second kappa shape index (κ2) is 5.17. The molecule has 1 aromatic rings. The number of aliphatic hydroxyl groups excluding tert-OH is 1. The van der Waals surface area contributed by atoms with Gasteiger partial charge in [-0.2, -0.15) is 0 Å². The Hall–Kier alpha value is -0.580. The molecule has 1 aromatic carbocycles. The smallest absolute Gasteiger partial charge is 0.0574 e. The van der Waals surface area contributed by atoms with E-state index in [0.717, 1.165) is 30.4 Å². The zero-order chi connectivity index (χ0) is 11.5. The highest BCUT2D eigenvalue weighted by atomic mass is 79.9. The van der Waals surface area contributed by atoms with E-state index in [4.69, 9.17) is 5.73 Å². The number of halogens is 1. The third-order valence-electron chi connectivity index (χ3n) is 3.07. The largest absolute Gasteiger partial charge is 0.393 e. The first-order valence-electron chi connectivity index (χ1n) is 5.62. The number of nitrogens with two attached hydrogens (primary N) is 1. The van der Waals surface area contributed by atoms with Gasteiger partial charge in [-0.3, -0.25) is 0 Å². The fraction of sp³-hybridized carbons (Fsp3) is 0.500. The van der Waals surface area contributed by atoms with Gasteiger partial charge in [0.15, 0.2) is 0 Å². The Morgan fingerprint density at radius 1 is 1.38 bits per heavy atom. The Kier molecular flexibility index (Phi) is 3.84. The summed E-state index contributed by atoms with van der Waals surface area (Å²) in [5.41, 5.74) is 8.11. The first-order valence-corrected chi connectivity index (χ1v) is 6.41. The van der Waals surface area contributed by atoms with Crippen LogP contribution in [0.4, 0.5) is 5.69 Å². The maximum atomic E-state index is 9.49. The summed E-state index contributed by atoms with van der Waals surface area (Å²) >= 11 is 3.49. The van der Waals surface area contributed by atoms with Gasteiger partial charge >= 0.3 is 0 Å². The van der Waals surface area contributed by atoms with Gasteiger partial charge in [0.05, 0.1) is 6.10 Å². The molecule has 0 amide bonds. The quantitative estimate of drug-likeness (QED) is 0.872. The number of benzene rings is 1. The second-order valence-corrected chi connectivity index (χ2v) is 5.11. The van der Waals surface area contributed by atoms with Crippen LogP contribution >= 0.6 is 15.9 Å². The van der Waals surface area contributed by atoms with Crippen LogP contribution in [0.25, 0.3) is 0 Å². The molecular weight excluding hydrogens is 268 g/mol. The van der Waals surface area contributed by atoms with Crippen LogP contribution < -0.4 is 10.6 Å². The third-order valence-corrected chi connectivity index (χ3v) is 3.57. The Balaban J connectivity index is 2.21. The van der Waals surface area contributed by atoms with Crippen molar-refractivity contribution in [3.8, 4) is 0 Å². The Labute approximate surface area is 104 Å². The van der Waals surface area contributed by atoms with Crippen molar-refractivity contribution in [3.63, 3.8) is 0 Å². The molecule has 0 aromatic heterocycles. The lowest BCUT2D eigenvalue weighted by atomic mass is 10.1. The SMILES string of the molecule is NCc1ccc(Br)cc1N1CCC(O)CC1. The minimum Gasteiger partial charge on any atom is -0.393 e. The van der Waals surface area contributed by atoms with E-state index in [1.165, 1.54) is 11.3 Å². The molecule has 1 heterocycles. The van der Waals surface area contributed by atoms with Crippen LogP contribution in [0.3, 0.4) is 0 Å². The van der Waals surface area contributed by atoms with Crippen LogP contribution in [0, 0.1) is 0 Å². The number of hydrogen-bond acceptors (Lipinski definition) is 3. The molecule has 0 atom stereocenters. The van der Waals surface area contributed by atoms with Crippen molar-refractivity contribution in [1.29, 1.82) is 0 Å². The Morgan fingerprint density at radius 2 is 2.06 bits per heavy atom. The minimum atomic E-state index is -0.135. The van der Waals surface area contributed by atoms with Gasteiger partial charge in [-0.15, -0.1) is 0 Å². The van der Waals surface area contributed by atoms with E-state index in [2.05, 4.69) is 33.0 Å². The fourth-order valence-electron chi connectivity index (χ4n) is 2.11. The summed E-state index contributed by atoms with van der Waals surface area (Å²) in [6.07, 6.45) is 1.55. The molecule has 4 heteroatoms. The van der Waals surface area contributed by atoms with E-state index in [-0.39, 0.29) is 6.10 Å². The number of hydrogen-bond donors (Lipinski definition) is 2. The molecule has 3 nitrogen and oxygen atoms in total. The third kappa shape index (κ3) is 2.56. The predicted molar refractivity (Wildman–Crippen MR) is 69.5 cm³/mol. The van der Waals surface area contributed by atoms with E-state index < -0.39 is 0 Å². The number of rotatable bonds is 2. The summed E-state index contributed by atoms with van der Waals surface area (Å²) in [5, 5.41) is 9.49. The number of aliphatic hydroxyl groups is 1. The summed E-state index contributed by atoms with van der Waals surface area (Å²) in [6, 6.07) is 6.19. The van der Waals surface area contributed by atoms with Crippen molar-refractivity contribution < 1.29 is 5.11 Å². The molecule has 0 saturated carbocycles. The number of anilines is 1. The Morgan fingerprint density at radius 3 is 2.69 bits per heavy atom. The highest BCUT2D eigenvalue weighted by Gasteiger charge is 2.19. The van der Waals surface area contributed by atoms with Crippen molar-refractivity contribution >= 4 is 21.6 Å². The van der Waals surface area contributed by atoms with Crippen LogP contribution in [0.1, 0.15) is 18.4 Å². The van der Waals surface area contributed by atoms with Crippen molar-refractivity contribution in [1.82, 2.24) is 0 Å². The van der Waals surface area contributed by atoms with E-state index in [9.17, 15) is 5.11 Å². The van der Waals surface area contributed by atoms with Crippen LogP contribution in [0.15, 0.2) is 22.7 Å². The lowest BCUT2D eigenvalue weighted by Gasteiger charge is -2.33. The van der Waals surface area contributed by atoms with Crippen LogP contribution in [0.2, 0.25) is 0 Å².